The molecule has 0 aliphatic carbocycles. The van der Waals surface area contributed by atoms with Crippen LogP contribution in [0.15, 0.2) is 91.0 Å². The minimum atomic E-state index is -1.51. The van der Waals surface area contributed by atoms with Gasteiger partial charge in [0.2, 0.25) is 0 Å². The first-order valence-electron chi connectivity index (χ1n) is 9.92. The first-order valence-corrected chi connectivity index (χ1v) is 10.7. The van der Waals surface area contributed by atoms with Gasteiger partial charge >= 0.3 is 7.12 Å². The predicted molar refractivity (Wildman–Crippen MR) is 130 cm³/mol. The van der Waals surface area contributed by atoms with Crippen molar-refractivity contribution in [1.29, 1.82) is 0 Å². The highest BCUT2D eigenvalue weighted by molar-refractivity contribution is 7.27. The van der Waals surface area contributed by atoms with Gasteiger partial charge in [0.15, 0.2) is 0 Å². The Morgan fingerprint density at radius 1 is 0.600 bits per heavy atom. The Morgan fingerprint density at radius 3 is 2.13 bits per heavy atom. The van der Waals surface area contributed by atoms with Crippen molar-refractivity contribution in [3.8, 4) is 11.1 Å². The summed E-state index contributed by atoms with van der Waals surface area (Å²) in [6.07, 6.45) is 0. The molecule has 0 fully saturated rings. The second kappa shape index (κ2) is 6.68. The fraction of sp³-hybridized carbons (Fsp3) is 0. The van der Waals surface area contributed by atoms with Crippen LogP contribution in [-0.4, -0.2) is 17.2 Å². The van der Waals surface area contributed by atoms with Crippen molar-refractivity contribution in [2.45, 2.75) is 0 Å². The van der Waals surface area contributed by atoms with Gasteiger partial charge in [0.05, 0.1) is 0 Å². The Balaban J connectivity index is 1.65. The molecule has 1 heterocycles. The van der Waals surface area contributed by atoms with E-state index in [1.807, 2.05) is 18.2 Å². The van der Waals surface area contributed by atoms with Gasteiger partial charge in [-0.1, -0.05) is 72.8 Å². The Hall–Kier alpha value is -3.18. The smallest absolute Gasteiger partial charge is 0.423 e. The monoisotopic (exact) mass is 404 g/mol. The van der Waals surface area contributed by atoms with Crippen LogP contribution in [0, 0.1) is 0 Å². The van der Waals surface area contributed by atoms with Crippen molar-refractivity contribution in [3.05, 3.63) is 91.0 Å². The van der Waals surface area contributed by atoms with E-state index in [4.69, 9.17) is 0 Å². The number of thiophene rings is 1. The number of fused-ring (bicyclic) bond motifs is 6. The van der Waals surface area contributed by atoms with Crippen LogP contribution in [0.4, 0.5) is 0 Å². The van der Waals surface area contributed by atoms with Crippen molar-refractivity contribution in [2.75, 3.05) is 0 Å². The third-order valence-electron chi connectivity index (χ3n) is 5.85. The van der Waals surface area contributed by atoms with E-state index < -0.39 is 7.12 Å². The van der Waals surface area contributed by atoms with Crippen LogP contribution in [-0.2, 0) is 0 Å². The molecule has 5 aromatic carbocycles. The van der Waals surface area contributed by atoms with Crippen LogP contribution in [0.25, 0.3) is 52.8 Å². The van der Waals surface area contributed by atoms with Gasteiger partial charge in [-0.2, -0.15) is 0 Å². The molecule has 6 rings (SSSR count). The van der Waals surface area contributed by atoms with Crippen LogP contribution in [0.3, 0.4) is 0 Å². The van der Waals surface area contributed by atoms with Crippen LogP contribution in [0.5, 0.6) is 0 Å². The van der Waals surface area contributed by atoms with Crippen molar-refractivity contribution >= 4 is 65.6 Å². The number of benzene rings is 5. The third-order valence-corrected chi connectivity index (χ3v) is 7.07. The standard InChI is InChI=1S/C26H17BO2S/c28-27(29)23-15-20-14-19(18-10-9-16-5-1-2-6-17(16)13-18)11-12-21(20)25-22-7-3-4-8-24(22)30-26(23)25/h1-15,28-29H. The molecule has 0 atom stereocenters. The van der Waals surface area contributed by atoms with E-state index in [-0.39, 0.29) is 0 Å². The zero-order chi connectivity index (χ0) is 20.2. The maximum atomic E-state index is 10.1. The van der Waals surface area contributed by atoms with Crippen molar-refractivity contribution < 1.29 is 10.0 Å². The fourth-order valence-electron chi connectivity index (χ4n) is 4.40. The molecule has 1 aromatic heterocycles. The van der Waals surface area contributed by atoms with E-state index in [0.29, 0.717) is 5.46 Å². The Labute approximate surface area is 177 Å². The van der Waals surface area contributed by atoms with Gasteiger partial charge in [-0.15, -0.1) is 11.3 Å². The maximum Gasteiger partial charge on any atom is 0.489 e. The van der Waals surface area contributed by atoms with Crippen molar-refractivity contribution in [2.24, 2.45) is 0 Å². The van der Waals surface area contributed by atoms with Crippen LogP contribution < -0.4 is 5.46 Å². The molecule has 0 saturated carbocycles. The van der Waals surface area contributed by atoms with Crippen molar-refractivity contribution in [3.63, 3.8) is 0 Å². The van der Waals surface area contributed by atoms with Crippen LogP contribution in [0.1, 0.15) is 0 Å². The minimum Gasteiger partial charge on any atom is -0.423 e. The number of hydrogen-bond donors (Lipinski definition) is 2. The summed E-state index contributed by atoms with van der Waals surface area (Å²) >= 11 is 1.61. The van der Waals surface area contributed by atoms with E-state index in [1.165, 1.54) is 10.8 Å². The molecule has 0 amide bonds. The van der Waals surface area contributed by atoms with E-state index in [2.05, 4.69) is 72.8 Å². The van der Waals surface area contributed by atoms with Gasteiger partial charge in [0.25, 0.3) is 0 Å². The lowest BCUT2D eigenvalue weighted by atomic mass is 9.78. The van der Waals surface area contributed by atoms with E-state index in [0.717, 1.165) is 42.1 Å². The third kappa shape index (κ3) is 2.66. The molecular formula is C26H17BO2S. The summed E-state index contributed by atoms with van der Waals surface area (Å²) in [5.74, 6) is 0. The van der Waals surface area contributed by atoms with Gasteiger partial charge in [0.1, 0.15) is 0 Å². The Bertz CT molecular complexity index is 1580. The molecule has 0 saturated heterocycles. The molecule has 30 heavy (non-hydrogen) atoms. The van der Waals surface area contributed by atoms with Gasteiger partial charge in [-0.3, -0.25) is 0 Å². The molecule has 0 bridgehead atoms. The minimum absolute atomic E-state index is 0.564. The second-order valence-electron chi connectivity index (χ2n) is 7.64. The van der Waals surface area contributed by atoms with Gasteiger partial charge in [0, 0.05) is 25.6 Å². The first kappa shape index (κ1) is 17.7. The van der Waals surface area contributed by atoms with E-state index in [9.17, 15) is 10.0 Å². The summed E-state index contributed by atoms with van der Waals surface area (Å²) < 4.78 is 2.10. The molecule has 0 aliphatic heterocycles. The Morgan fingerprint density at radius 2 is 1.30 bits per heavy atom. The highest BCUT2D eigenvalue weighted by Gasteiger charge is 2.20. The molecule has 0 spiro atoms. The largest absolute Gasteiger partial charge is 0.489 e. The molecular weight excluding hydrogens is 387 g/mol. The van der Waals surface area contributed by atoms with Crippen LogP contribution >= 0.6 is 11.3 Å². The summed E-state index contributed by atoms with van der Waals surface area (Å²) in [6.45, 7) is 0. The maximum absolute atomic E-state index is 10.1. The zero-order valence-electron chi connectivity index (χ0n) is 16.0. The number of hydrogen-bond acceptors (Lipinski definition) is 3. The predicted octanol–water partition coefficient (Wildman–Crippen LogP) is 5.71. The molecule has 0 aliphatic rings. The summed E-state index contributed by atoms with van der Waals surface area (Å²) in [5.41, 5.74) is 2.83. The van der Waals surface area contributed by atoms with Crippen LogP contribution in [0.2, 0.25) is 0 Å². The molecule has 6 aromatic rings. The molecule has 0 radical (unpaired) electrons. The quantitative estimate of drug-likeness (QED) is 0.363. The van der Waals surface area contributed by atoms with Crippen molar-refractivity contribution in [1.82, 2.24) is 0 Å². The average Bonchev–Trinajstić information content (AvgIpc) is 3.17. The summed E-state index contributed by atoms with van der Waals surface area (Å²) in [4.78, 5) is 0. The molecule has 2 N–H and O–H groups in total. The van der Waals surface area contributed by atoms with Gasteiger partial charge < -0.3 is 10.0 Å². The summed E-state index contributed by atoms with van der Waals surface area (Å²) in [7, 11) is -1.51. The SMILES string of the molecule is OB(O)c1cc2cc(-c3ccc4ccccc4c3)ccc2c2c1sc1ccccc12. The van der Waals surface area contributed by atoms with E-state index >= 15 is 0 Å². The Kier molecular flexibility index (Phi) is 3.93. The summed E-state index contributed by atoms with van der Waals surface area (Å²) in [5, 5.41) is 27.0. The molecule has 0 unspecified atom stereocenters. The second-order valence-corrected chi connectivity index (χ2v) is 8.69. The molecule has 2 nitrogen and oxygen atoms in total. The molecule has 142 valence electrons. The lowest BCUT2D eigenvalue weighted by Gasteiger charge is -2.10. The topological polar surface area (TPSA) is 40.5 Å². The lowest BCUT2D eigenvalue weighted by molar-refractivity contribution is 0.426. The number of rotatable bonds is 2. The van der Waals surface area contributed by atoms with E-state index in [1.54, 1.807) is 11.3 Å². The summed E-state index contributed by atoms with van der Waals surface area (Å²) in [6, 6.07) is 31.5. The first-order chi connectivity index (χ1) is 14.7. The average molecular weight is 404 g/mol. The normalized spacial score (nSPS) is 11.7. The van der Waals surface area contributed by atoms with Gasteiger partial charge in [-0.25, -0.2) is 0 Å². The fourth-order valence-corrected chi connectivity index (χ4v) is 5.65. The molecule has 4 heteroatoms. The lowest BCUT2D eigenvalue weighted by Crippen LogP contribution is -2.29. The zero-order valence-corrected chi connectivity index (χ0v) is 16.9. The van der Waals surface area contributed by atoms with Gasteiger partial charge in [-0.05, 0) is 50.9 Å². The highest BCUT2D eigenvalue weighted by Crippen LogP contribution is 2.38. The highest BCUT2D eigenvalue weighted by atomic mass is 32.1.